The van der Waals surface area contributed by atoms with Crippen LogP contribution in [-0.4, -0.2) is 19.7 Å². The van der Waals surface area contributed by atoms with Crippen molar-refractivity contribution in [1.29, 1.82) is 0 Å². The Bertz CT molecular complexity index is 1190. The minimum atomic E-state index is -4.99. The van der Waals surface area contributed by atoms with Crippen molar-refractivity contribution in [3.63, 3.8) is 0 Å². The molecule has 1 aliphatic rings. The van der Waals surface area contributed by atoms with Crippen LogP contribution in [0.5, 0.6) is 5.75 Å². The largest absolute Gasteiger partial charge is 0.502 e. The number of hydrogen-bond acceptors (Lipinski definition) is 4. The van der Waals surface area contributed by atoms with Gasteiger partial charge in [0.25, 0.3) is 0 Å². The zero-order valence-electron chi connectivity index (χ0n) is 14.6. The van der Waals surface area contributed by atoms with E-state index in [1.54, 1.807) is 6.07 Å². The molecule has 0 saturated heterocycles. The molecule has 0 heterocycles. The summed E-state index contributed by atoms with van der Waals surface area (Å²) >= 11 is 0. The number of phenols is 1. The summed E-state index contributed by atoms with van der Waals surface area (Å²) < 4.78 is 52.0. The van der Waals surface area contributed by atoms with Crippen LogP contribution in [0.4, 0.5) is 18.9 Å². The normalized spacial score (nSPS) is 13.6. The molecule has 0 bridgehead atoms. The Morgan fingerprint density at radius 3 is 2.45 bits per heavy atom. The van der Waals surface area contributed by atoms with Gasteiger partial charge in [-0.05, 0) is 46.4 Å². The fraction of sp³-hybridized carbons (Fsp3) is 0.100. The van der Waals surface area contributed by atoms with Crippen molar-refractivity contribution < 1.29 is 27.4 Å². The minimum absolute atomic E-state index is 0.0393. The number of nitrogens with zero attached hydrogens (tertiary/aromatic N) is 1. The van der Waals surface area contributed by atoms with Crippen molar-refractivity contribution in [1.82, 2.24) is 0 Å². The molecule has 3 aromatic rings. The first-order chi connectivity index (χ1) is 13.7. The molecule has 0 amide bonds. The third kappa shape index (κ3) is 3.17. The van der Waals surface area contributed by atoms with E-state index in [0.29, 0.717) is 17.5 Å². The molecule has 0 radical (unpaired) electrons. The number of benzene rings is 3. The van der Waals surface area contributed by atoms with Crippen LogP contribution in [0.25, 0.3) is 22.3 Å². The van der Waals surface area contributed by atoms with E-state index in [0.717, 1.165) is 29.3 Å². The molecule has 29 heavy (non-hydrogen) atoms. The highest BCUT2D eigenvalue weighted by molar-refractivity contribution is 7.86. The van der Waals surface area contributed by atoms with Crippen LogP contribution < -0.4 is 0 Å². The van der Waals surface area contributed by atoms with Crippen molar-refractivity contribution in [3.05, 3.63) is 75.8 Å². The van der Waals surface area contributed by atoms with Gasteiger partial charge in [0.1, 0.15) is 0 Å². The highest BCUT2D eigenvalue weighted by atomic mass is 32.2. The fourth-order valence-corrected chi connectivity index (χ4v) is 4.48. The van der Waals surface area contributed by atoms with Gasteiger partial charge in [-0.3, -0.25) is 10.1 Å². The maximum Gasteiger partial charge on any atom is 0.475 e. The lowest BCUT2D eigenvalue weighted by Crippen LogP contribution is -2.17. The van der Waals surface area contributed by atoms with E-state index in [9.17, 15) is 32.6 Å². The molecule has 5 nitrogen and oxygen atoms in total. The maximum atomic E-state index is 13.3. The molecule has 3 aromatic carbocycles. The number of nitro benzene ring substituents is 1. The molecule has 1 atom stereocenters. The number of rotatable bonds is 3. The number of hydrogen-bond donors (Lipinski definition) is 1. The van der Waals surface area contributed by atoms with E-state index in [-0.39, 0.29) is 11.1 Å². The van der Waals surface area contributed by atoms with Crippen LogP contribution in [-0.2, 0) is 17.2 Å². The fourth-order valence-electron chi connectivity index (χ4n) is 3.61. The Hall–Kier alpha value is -3.20. The highest BCUT2D eigenvalue weighted by Crippen LogP contribution is 2.46. The summed E-state index contributed by atoms with van der Waals surface area (Å²) in [5, 5.41) is 20.9. The Kier molecular flexibility index (Phi) is 4.42. The Labute approximate surface area is 165 Å². The number of aromatic hydroxyl groups is 1. The van der Waals surface area contributed by atoms with Gasteiger partial charge in [-0.1, -0.05) is 36.4 Å². The molecule has 0 spiro atoms. The quantitative estimate of drug-likeness (QED) is 0.367. The van der Waals surface area contributed by atoms with Crippen molar-refractivity contribution in [2.75, 3.05) is 0 Å². The first-order valence-corrected chi connectivity index (χ1v) is 9.54. The van der Waals surface area contributed by atoms with Gasteiger partial charge in [-0.15, -0.1) is 0 Å². The SMILES string of the molecule is O=[N+]([O-])c1cc(-c2c(S(=O)C(F)(F)F)ccc3c2Cc2ccccc2-3)ccc1O. The number of alkyl halides is 3. The summed E-state index contributed by atoms with van der Waals surface area (Å²) in [7, 11) is -3.33. The number of phenolic OH excluding ortho intramolecular Hbond substituents is 1. The minimum Gasteiger partial charge on any atom is -0.502 e. The molecular formula is C20H12F3NO4S. The average molecular weight is 419 g/mol. The van der Waals surface area contributed by atoms with Gasteiger partial charge in [0, 0.05) is 11.6 Å². The van der Waals surface area contributed by atoms with E-state index in [4.69, 9.17) is 0 Å². The Morgan fingerprint density at radius 1 is 1.03 bits per heavy atom. The second kappa shape index (κ2) is 6.70. The summed E-state index contributed by atoms with van der Waals surface area (Å²) in [4.78, 5) is 9.91. The predicted octanol–water partition coefficient (Wildman–Crippen LogP) is 5.17. The average Bonchev–Trinajstić information content (AvgIpc) is 3.05. The van der Waals surface area contributed by atoms with E-state index < -0.39 is 37.6 Å². The van der Waals surface area contributed by atoms with Gasteiger partial charge >= 0.3 is 11.2 Å². The molecule has 0 aliphatic heterocycles. The molecule has 0 saturated carbocycles. The van der Waals surface area contributed by atoms with Crippen molar-refractivity contribution in [2.45, 2.75) is 16.8 Å². The molecular weight excluding hydrogens is 407 g/mol. The van der Waals surface area contributed by atoms with E-state index >= 15 is 0 Å². The van der Waals surface area contributed by atoms with Gasteiger partial charge < -0.3 is 5.11 Å². The second-order valence-electron chi connectivity index (χ2n) is 6.47. The molecule has 1 aliphatic carbocycles. The summed E-state index contributed by atoms with van der Waals surface area (Å²) in [5.74, 6) is -0.604. The van der Waals surface area contributed by atoms with Crippen molar-refractivity contribution >= 4 is 16.5 Å². The first-order valence-electron chi connectivity index (χ1n) is 8.39. The molecule has 1 unspecified atom stereocenters. The molecule has 148 valence electrons. The standard InChI is InChI=1S/C20H12F3NO4S/c21-20(22,23)29(28)18-8-6-14-13-4-2-1-3-11(13)9-15(14)19(18)12-5-7-17(25)16(10-12)24(26)27/h1-8,10,25H,9H2. The Balaban J connectivity index is 2.02. The summed E-state index contributed by atoms with van der Waals surface area (Å²) in [6.07, 6.45) is 0.304. The number of halogens is 3. The lowest BCUT2D eigenvalue weighted by atomic mass is 9.95. The smallest absolute Gasteiger partial charge is 0.475 e. The van der Waals surface area contributed by atoms with Crippen LogP contribution >= 0.6 is 0 Å². The maximum absolute atomic E-state index is 13.3. The first kappa shape index (κ1) is 19.1. The zero-order valence-corrected chi connectivity index (χ0v) is 15.4. The lowest BCUT2D eigenvalue weighted by molar-refractivity contribution is -0.385. The van der Waals surface area contributed by atoms with Crippen LogP contribution in [0.15, 0.2) is 59.5 Å². The molecule has 0 fully saturated rings. The van der Waals surface area contributed by atoms with Crippen molar-refractivity contribution in [3.8, 4) is 28.0 Å². The lowest BCUT2D eigenvalue weighted by Gasteiger charge is -2.16. The predicted molar refractivity (Wildman–Crippen MR) is 101 cm³/mol. The highest BCUT2D eigenvalue weighted by Gasteiger charge is 2.40. The van der Waals surface area contributed by atoms with Crippen LogP contribution in [0, 0.1) is 10.1 Å². The monoisotopic (exact) mass is 419 g/mol. The molecule has 1 N–H and O–H groups in total. The van der Waals surface area contributed by atoms with E-state index in [1.807, 2.05) is 18.2 Å². The van der Waals surface area contributed by atoms with E-state index in [2.05, 4.69) is 0 Å². The van der Waals surface area contributed by atoms with Gasteiger partial charge in [-0.2, -0.15) is 13.2 Å². The summed E-state index contributed by atoms with van der Waals surface area (Å²) in [6.45, 7) is 0. The second-order valence-corrected chi connectivity index (χ2v) is 7.91. The van der Waals surface area contributed by atoms with Crippen LogP contribution in [0.3, 0.4) is 0 Å². The summed E-state index contributed by atoms with van der Waals surface area (Å²) in [6, 6.07) is 13.3. The van der Waals surface area contributed by atoms with Crippen LogP contribution in [0.2, 0.25) is 0 Å². The molecule has 4 rings (SSSR count). The number of fused-ring (bicyclic) bond motifs is 3. The third-order valence-electron chi connectivity index (χ3n) is 4.82. The molecule has 0 aromatic heterocycles. The topological polar surface area (TPSA) is 80.4 Å². The summed E-state index contributed by atoms with van der Waals surface area (Å²) in [5.41, 5.74) is -2.55. The van der Waals surface area contributed by atoms with Crippen LogP contribution in [0.1, 0.15) is 11.1 Å². The third-order valence-corrected chi connectivity index (χ3v) is 5.98. The van der Waals surface area contributed by atoms with Gasteiger partial charge in [0.15, 0.2) is 16.5 Å². The zero-order chi connectivity index (χ0) is 20.9. The van der Waals surface area contributed by atoms with Gasteiger partial charge in [-0.25, -0.2) is 4.21 Å². The van der Waals surface area contributed by atoms with E-state index in [1.165, 1.54) is 12.1 Å². The molecule has 9 heteroatoms. The van der Waals surface area contributed by atoms with Gasteiger partial charge in [0.2, 0.25) is 0 Å². The number of nitro groups is 1. The van der Waals surface area contributed by atoms with Crippen molar-refractivity contribution in [2.24, 2.45) is 0 Å². The Morgan fingerprint density at radius 2 is 1.76 bits per heavy atom. The van der Waals surface area contributed by atoms with Gasteiger partial charge in [0.05, 0.1) is 9.82 Å².